The van der Waals surface area contributed by atoms with Gasteiger partial charge < -0.3 is 10.2 Å². The number of rotatable bonds is 6. The number of amides is 1. The summed E-state index contributed by atoms with van der Waals surface area (Å²) in [5.74, 6) is -0.173. The molecule has 1 N–H and O–H groups in total. The van der Waals surface area contributed by atoms with Crippen molar-refractivity contribution >= 4 is 34.7 Å². The van der Waals surface area contributed by atoms with E-state index < -0.39 is 0 Å². The number of aromatic nitrogens is 1. The predicted molar refractivity (Wildman–Crippen MR) is 105 cm³/mol. The summed E-state index contributed by atoms with van der Waals surface area (Å²) in [6.07, 6.45) is 3.21. The van der Waals surface area contributed by atoms with Crippen LogP contribution in [0.2, 0.25) is 0 Å². The molecule has 2 aromatic carbocycles. The number of benzene rings is 2. The van der Waals surface area contributed by atoms with Gasteiger partial charge in [0, 0.05) is 25.0 Å². The van der Waals surface area contributed by atoms with E-state index in [1.807, 2.05) is 54.9 Å². The van der Waals surface area contributed by atoms with Gasteiger partial charge >= 0.3 is 0 Å². The average molecular weight is 349 g/mol. The molecule has 126 valence electrons. The summed E-state index contributed by atoms with van der Waals surface area (Å²) >= 11 is 1.50. The normalized spacial score (nSPS) is 10.8. The van der Waals surface area contributed by atoms with E-state index in [0.29, 0.717) is 0 Å². The van der Waals surface area contributed by atoms with Crippen LogP contribution >= 0.6 is 11.3 Å². The quantitative estimate of drug-likeness (QED) is 0.670. The third-order valence-electron chi connectivity index (χ3n) is 3.69. The Morgan fingerprint density at radius 2 is 1.92 bits per heavy atom. The van der Waals surface area contributed by atoms with Crippen LogP contribution in [0.4, 0.5) is 11.4 Å². The third kappa shape index (κ3) is 4.78. The maximum atomic E-state index is 12.2. The van der Waals surface area contributed by atoms with Gasteiger partial charge in [-0.3, -0.25) is 4.79 Å². The second-order valence-electron chi connectivity index (χ2n) is 5.59. The summed E-state index contributed by atoms with van der Waals surface area (Å²) in [6, 6.07) is 18.0. The third-order valence-corrected chi connectivity index (χ3v) is 4.30. The summed E-state index contributed by atoms with van der Waals surface area (Å²) in [5, 5.41) is 4.84. The Balaban J connectivity index is 1.71. The number of nitrogens with zero attached hydrogens (tertiary/aromatic N) is 2. The van der Waals surface area contributed by atoms with Crippen molar-refractivity contribution in [1.82, 2.24) is 4.98 Å². The van der Waals surface area contributed by atoms with Gasteiger partial charge in [0.1, 0.15) is 0 Å². The summed E-state index contributed by atoms with van der Waals surface area (Å²) in [7, 11) is 2.02. The zero-order valence-electron chi connectivity index (χ0n) is 13.9. The molecule has 0 fully saturated rings. The second-order valence-corrected chi connectivity index (χ2v) is 6.31. The molecule has 0 saturated carbocycles. The molecule has 0 aliphatic carbocycles. The van der Waals surface area contributed by atoms with Crippen LogP contribution < -0.4 is 10.2 Å². The van der Waals surface area contributed by atoms with Crippen molar-refractivity contribution in [2.45, 2.75) is 6.54 Å². The Morgan fingerprint density at radius 3 is 2.68 bits per heavy atom. The lowest BCUT2D eigenvalue weighted by atomic mass is 10.2. The highest BCUT2D eigenvalue weighted by atomic mass is 32.1. The van der Waals surface area contributed by atoms with Crippen LogP contribution in [0.3, 0.4) is 0 Å². The minimum Gasteiger partial charge on any atom is -0.369 e. The lowest BCUT2D eigenvalue weighted by Gasteiger charge is -2.22. The largest absolute Gasteiger partial charge is 0.369 e. The van der Waals surface area contributed by atoms with Crippen LogP contribution in [0.5, 0.6) is 0 Å². The van der Waals surface area contributed by atoms with Crippen LogP contribution in [-0.2, 0) is 11.3 Å². The van der Waals surface area contributed by atoms with Gasteiger partial charge in [-0.1, -0.05) is 42.5 Å². The van der Waals surface area contributed by atoms with Crippen molar-refractivity contribution in [3.63, 3.8) is 0 Å². The van der Waals surface area contributed by atoms with Crippen molar-refractivity contribution in [1.29, 1.82) is 0 Å². The molecule has 5 heteroatoms. The predicted octanol–water partition coefficient (Wildman–Crippen LogP) is 4.43. The SMILES string of the molecule is CN(Cc1ccccc1)c1ccccc1NC(=O)C=Cc1cscn1. The standard InChI is InChI=1S/C20H19N3OS/c1-23(13-16-7-3-2-4-8-16)19-10-6-5-9-18(19)22-20(24)12-11-17-14-25-15-21-17/h2-12,14-15H,13H2,1H3,(H,22,24). The van der Waals surface area contributed by atoms with E-state index in [-0.39, 0.29) is 5.91 Å². The zero-order valence-corrected chi connectivity index (χ0v) is 14.7. The molecule has 0 bridgehead atoms. The van der Waals surface area contributed by atoms with Gasteiger partial charge in [0.25, 0.3) is 0 Å². The van der Waals surface area contributed by atoms with E-state index >= 15 is 0 Å². The van der Waals surface area contributed by atoms with Crippen LogP contribution in [-0.4, -0.2) is 17.9 Å². The molecule has 1 amide bonds. The fraction of sp³-hybridized carbons (Fsp3) is 0.100. The molecule has 1 heterocycles. The van der Waals surface area contributed by atoms with E-state index in [0.717, 1.165) is 23.6 Å². The first-order valence-corrected chi connectivity index (χ1v) is 8.88. The minimum absolute atomic E-state index is 0.173. The molecule has 1 aromatic heterocycles. The molecule has 0 spiro atoms. The highest BCUT2D eigenvalue weighted by molar-refractivity contribution is 7.07. The number of thiazole rings is 1. The lowest BCUT2D eigenvalue weighted by molar-refractivity contribution is -0.111. The first kappa shape index (κ1) is 16.9. The lowest BCUT2D eigenvalue weighted by Crippen LogP contribution is -2.19. The summed E-state index contributed by atoms with van der Waals surface area (Å²) < 4.78 is 0. The minimum atomic E-state index is -0.173. The van der Waals surface area contributed by atoms with E-state index in [1.165, 1.54) is 23.0 Å². The van der Waals surface area contributed by atoms with Crippen LogP contribution in [0.15, 0.2) is 71.6 Å². The van der Waals surface area contributed by atoms with Gasteiger partial charge in [0.2, 0.25) is 5.91 Å². The fourth-order valence-electron chi connectivity index (χ4n) is 2.49. The van der Waals surface area contributed by atoms with Gasteiger partial charge in [-0.2, -0.15) is 0 Å². The maximum Gasteiger partial charge on any atom is 0.248 e. The van der Waals surface area contributed by atoms with E-state index in [2.05, 4.69) is 27.3 Å². The van der Waals surface area contributed by atoms with Crippen molar-refractivity contribution in [3.05, 3.63) is 82.8 Å². The topological polar surface area (TPSA) is 45.2 Å². The molecule has 3 rings (SSSR count). The Kier molecular flexibility index (Phi) is 5.59. The Morgan fingerprint density at radius 1 is 1.16 bits per heavy atom. The van der Waals surface area contributed by atoms with E-state index in [1.54, 1.807) is 11.6 Å². The monoisotopic (exact) mass is 349 g/mol. The van der Waals surface area contributed by atoms with Gasteiger partial charge in [-0.15, -0.1) is 11.3 Å². The molecular formula is C20H19N3OS. The fourth-order valence-corrected chi connectivity index (χ4v) is 3.02. The van der Waals surface area contributed by atoms with Crippen molar-refractivity contribution in [3.8, 4) is 0 Å². The number of hydrogen-bond donors (Lipinski definition) is 1. The van der Waals surface area contributed by atoms with Crippen LogP contribution in [0.25, 0.3) is 6.08 Å². The van der Waals surface area contributed by atoms with Gasteiger partial charge in [-0.05, 0) is 23.8 Å². The molecule has 3 aromatic rings. The smallest absolute Gasteiger partial charge is 0.248 e. The van der Waals surface area contributed by atoms with Crippen molar-refractivity contribution < 1.29 is 4.79 Å². The Hall–Kier alpha value is -2.92. The molecule has 0 atom stereocenters. The molecule has 0 aliphatic heterocycles. The average Bonchev–Trinajstić information content (AvgIpc) is 3.15. The first-order valence-electron chi connectivity index (χ1n) is 7.94. The van der Waals surface area contributed by atoms with E-state index in [9.17, 15) is 4.79 Å². The van der Waals surface area contributed by atoms with E-state index in [4.69, 9.17) is 0 Å². The molecule has 0 saturated heterocycles. The summed E-state index contributed by atoms with van der Waals surface area (Å²) in [5.41, 5.74) is 5.51. The molecule has 0 aliphatic rings. The van der Waals surface area contributed by atoms with Crippen molar-refractivity contribution in [2.24, 2.45) is 0 Å². The summed E-state index contributed by atoms with van der Waals surface area (Å²) in [6.45, 7) is 0.766. The van der Waals surface area contributed by atoms with Gasteiger partial charge in [-0.25, -0.2) is 4.98 Å². The number of para-hydroxylation sites is 2. The second kappa shape index (κ2) is 8.26. The molecule has 25 heavy (non-hydrogen) atoms. The number of hydrogen-bond acceptors (Lipinski definition) is 4. The number of carbonyl (C=O) groups is 1. The highest BCUT2D eigenvalue weighted by Crippen LogP contribution is 2.26. The van der Waals surface area contributed by atoms with Crippen LogP contribution in [0.1, 0.15) is 11.3 Å². The van der Waals surface area contributed by atoms with Gasteiger partial charge in [0.15, 0.2) is 0 Å². The molecule has 0 unspecified atom stereocenters. The number of nitrogens with one attached hydrogen (secondary N) is 1. The molecule has 0 radical (unpaired) electrons. The van der Waals surface area contributed by atoms with Gasteiger partial charge in [0.05, 0.1) is 22.6 Å². The highest BCUT2D eigenvalue weighted by Gasteiger charge is 2.09. The Bertz CT molecular complexity index is 844. The number of anilines is 2. The van der Waals surface area contributed by atoms with Crippen LogP contribution in [0, 0.1) is 0 Å². The van der Waals surface area contributed by atoms with Crippen molar-refractivity contribution in [2.75, 3.05) is 17.3 Å². The maximum absolute atomic E-state index is 12.2. The zero-order chi connectivity index (χ0) is 17.5. The number of carbonyl (C=O) groups excluding carboxylic acids is 1. The summed E-state index contributed by atoms with van der Waals surface area (Å²) in [4.78, 5) is 18.5. The Labute approximate surface area is 151 Å². The first-order chi connectivity index (χ1) is 12.2. The molecule has 4 nitrogen and oxygen atoms in total. The molecular weight excluding hydrogens is 330 g/mol.